The van der Waals surface area contributed by atoms with Gasteiger partial charge in [0.05, 0.1) is 12.1 Å². The van der Waals surface area contributed by atoms with E-state index in [2.05, 4.69) is 10.6 Å². The highest BCUT2D eigenvalue weighted by Gasteiger charge is 2.35. The maximum Gasteiger partial charge on any atom is 0.243 e. The van der Waals surface area contributed by atoms with E-state index in [1.807, 2.05) is 0 Å². The van der Waals surface area contributed by atoms with Gasteiger partial charge in [0.1, 0.15) is 0 Å². The number of hydrogen-bond donors (Lipinski definition) is 3. The largest absolute Gasteiger partial charge is 0.345 e. The Kier molecular flexibility index (Phi) is 7.13. The van der Waals surface area contributed by atoms with E-state index >= 15 is 0 Å². The van der Waals surface area contributed by atoms with E-state index in [9.17, 15) is 9.59 Å². The van der Waals surface area contributed by atoms with Crippen LogP contribution in [0.5, 0.6) is 0 Å². The fourth-order valence-electron chi connectivity index (χ4n) is 2.48. The Hall–Kier alpha value is -1.30. The van der Waals surface area contributed by atoms with Crippen LogP contribution in [0.25, 0.3) is 0 Å². The molecule has 0 aromatic heterocycles. The van der Waals surface area contributed by atoms with Crippen molar-refractivity contribution in [2.75, 3.05) is 11.9 Å². The van der Waals surface area contributed by atoms with Crippen LogP contribution in [-0.2, 0) is 9.59 Å². The molecule has 2 amide bonds. The summed E-state index contributed by atoms with van der Waals surface area (Å²) in [7, 11) is 0. The van der Waals surface area contributed by atoms with Gasteiger partial charge in [-0.2, -0.15) is 0 Å². The number of halogens is 2. The molecule has 122 valence electrons. The second kappa shape index (κ2) is 8.36. The lowest BCUT2D eigenvalue weighted by Crippen LogP contribution is -2.56. The summed E-state index contributed by atoms with van der Waals surface area (Å²) in [5, 5.41) is 5.91. The molecule has 1 saturated carbocycles. The number of carbonyl (C=O) groups is 2. The zero-order valence-electron chi connectivity index (χ0n) is 12.2. The summed E-state index contributed by atoms with van der Waals surface area (Å²) in [6.07, 6.45) is 4.39. The van der Waals surface area contributed by atoms with Crippen LogP contribution in [0.3, 0.4) is 0 Å². The molecule has 1 aliphatic carbocycles. The summed E-state index contributed by atoms with van der Waals surface area (Å²) < 4.78 is 0. The zero-order chi connectivity index (χ0) is 15.3. The SMILES string of the molecule is Cl.NC1(C(=O)NCC(=O)Nc2ccc(Cl)cc2)CCCCC1. The Morgan fingerprint density at radius 1 is 1.14 bits per heavy atom. The van der Waals surface area contributed by atoms with Crippen LogP contribution in [0.4, 0.5) is 5.69 Å². The van der Waals surface area contributed by atoms with Crippen molar-refractivity contribution in [1.29, 1.82) is 0 Å². The lowest BCUT2D eigenvalue weighted by molar-refractivity contribution is -0.129. The van der Waals surface area contributed by atoms with E-state index in [1.165, 1.54) is 0 Å². The molecule has 22 heavy (non-hydrogen) atoms. The number of benzene rings is 1. The first kappa shape index (κ1) is 18.7. The first-order valence-corrected chi connectivity index (χ1v) is 7.50. The number of nitrogens with two attached hydrogens (primary N) is 1. The second-order valence-electron chi connectivity index (χ2n) is 5.45. The lowest BCUT2D eigenvalue weighted by atomic mass is 9.82. The molecule has 0 radical (unpaired) electrons. The molecule has 0 saturated heterocycles. The molecule has 2 rings (SSSR count). The summed E-state index contributed by atoms with van der Waals surface area (Å²) in [5.74, 6) is -0.529. The molecule has 0 unspecified atom stereocenters. The van der Waals surface area contributed by atoms with Crippen molar-refractivity contribution >= 4 is 41.5 Å². The smallest absolute Gasteiger partial charge is 0.243 e. The van der Waals surface area contributed by atoms with E-state index in [-0.39, 0.29) is 30.8 Å². The van der Waals surface area contributed by atoms with Crippen LogP contribution in [-0.4, -0.2) is 23.9 Å². The van der Waals surface area contributed by atoms with Gasteiger partial charge < -0.3 is 16.4 Å². The summed E-state index contributed by atoms with van der Waals surface area (Å²) >= 11 is 5.77. The molecule has 0 spiro atoms. The van der Waals surface area contributed by atoms with Crippen molar-refractivity contribution in [2.45, 2.75) is 37.6 Å². The molecule has 1 fully saturated rings. The molecular formula is C15H21Cl2N3O2. The van der Waals surface area contributed by atoms with Gasteiger partial charge in [0, 0.05) is 10.7 Å². The van der Waals surface area contributed by atoms with Crippen LogP contribution in [0.15, 0.2) is 24.3 Å². The van der Waals surface area contributed by atoms with Crippen molar-refractivity contribution in [3.8, 4) is 0 Å². The summed E-state index contributed by atoms with van der Waals surface area (Å²) in [6, 6.07) is 6.78. The average molecular weight is 346 g/mol. The number of carbonyl (C=O) groups excluding carboxylic acids is 2. The first-order chi connectivity index (χ1) is 9.99. The zero-order valence-corrected chi connectivity index (χ0v) is 13.8. The van der Waals surface area contributed by atoms with Gasteiger partial charge in [-0.15, -0.1) is 12.4 Å². The Bertz CT molecular complexity index is 514. The Balaban J connectivity index is 0.00000242. The van der Waals surface area contributed by atoms with Crippen molar-refractivity contribution in [3.63, 3.8) is 0 Å². The van der Waals surface area contributed by atoms with Crippen molar-refractivity contribution < 1.29 is 9.59 Å². The van der Waals surface area contributed by atoms with Crippen LogP contribution >= 0.6 is 24.0 Å². The van der Waals surface area contributed by atoms with Crippen LogP contribution in [0, 0.1) is 0 Å². The van der Waals surface area contributed by atoms with Crippen LogP contribution in [0.2, 0.25) is 5.02 Å². The summed E-state index contributed by atoms with van der Waals surface area (Å²) in [4.78, 5) is 23.9. The van der Waals surface area contributed by atoms with E-state index in [1.54, 1.807) is 24.3 Å². The van der Waals surface area contributed by atoms with Crippen molar-refractivity contribution in [2.24, 2.45) is 5.73 Å². The maximum absolute atomic E-state index is 12.1. The molecule has 0 atom stereocenters. The minimum Gasteiger partial charge on any atom is -0.345 e. The molecule has 1 aliphatic rings. The fraction of sp³-hybridized carbons (Fsp3) is 0.467. The van der Waals surface area contributed by atoms with Gasteiger partial charge in [-0.3, -0.25) is 9.59 Å². The van der Waals surface area contributed by atoms with Crippen LogP contribution in [0.1, 0.15) is 32.1 Å². The van der Waals surface area contributed by atoms with Crippen molar-refractivity contribution in [1.82, 2.24) is 5.32 Å². The fourth-order valence-corrected chi connectivity index (χ4v) is 2.61. The van der Waals surface area contributed by atoms with Crippen molar-refractivity contribution in [3.05, 3.63) is 29.3 Å². The topological polar surface area (TPSA) is 84.2 Å². The molecule has 1 aromatic carbocycles. The van der Waals surface area contributed by atoms with E-state index < -0.39 is 5.54 Å². The van der Waals surface area contributed by atoms with Gasteiger partial charge in [-0.25, -0.2) is 0 Å². The van der Waals surface area contributed by atoms with Crippen LogP contribution < -0.4 is 16.4 Å². The number of amides is 2. The third-order valence-corrected chi connectivity index (χ3v) is 3.99. The highest BCUT2D eigenvalue weighted by Crippen LogP contribution is 2.25. The molecular weight excluding hydrogens is 325 g/mol. The van der Waals surface area contributed by atoms with E-state index in [0.29, 0.717) is 23.6 Å². The monoisotopic (exact) mass is 345 g/mol. The quantitative estimate of drug-likeness (QED) is 0.783. The number of hydrogen-bond acceptors (Lipinski definition) is 3. The van der Waals surface area contributed by atoms with Gasteiger partial charge in [-0.05, 0) is 37.1 Å². The number of anilines is 1. The van der Waals surface area contributed by atoms with Gasteiger partial charge >= 0.3 is 0 Å². The summed E-state index contributed by atoms with van der Waals surface area (Å²) in [6.45, 7) is -0.0829. The number of nitrogens with one attached hydrogen (secondary N) is 2. The van der Waals surface area contributed by atoms with E-state index in [4.69, 9.17) is 17.3 Å². The Labute approximate surface area is 141 Å². The lowest BCUT2D eigenvalue weighted by Gasteiger charge is -2.31. The number of rotatable bonds is 4. The third kappa shape index (κ3) is 5.16. The van der Waals surface area contributed by atoms with Gasteiger partial charge in [0.2, 0.25) is 11.8 Å². The highest BCUT2D eigenvalue weighted by molar-refractivity contribution is 6.30. The molecule has 0 heterocycles. The standard InChI is InChI=1S/C15H20ClN3O2.ClH/c16-11-4-6-12(7-5-11)19-13(20)10-18-14(21)15(17)8-2-1-3-9-15;/h4-7H,1-3,8-10,17H2,(H,18,21)(H,19,20);1H. The van der Waals surface area contributed by atoms with Gasteiger partial charge in [-0.1, -0.05) is 30.9 Å². The molecule has 1 aromatic rings. The predicted octanol–water partition coefficient (Wildman–Crippen LogP) is 2.48. The Morgan fingerprint density at radius 2 is 1.73 bits per heavy atom. The molecule has 0 bridgehead atoms. The summed E-state index contributed by atoms with van der Waals surface area (Å²) in [5.41, 5.74) is 5.92. The highest BCUT2D eigenvalue weighted by atomic mass is 35.5. The second-order valence-corrected chi connectivity index (χ2v) is 5.89. The minimum absolute atomic E-state index is 0. The van der Waals surface area contributed by atoms with E-state index in [0.717, 1.165) is 19.3 Å². The minimum atomic E-state index is -0.821. The maximum atomic E-state index is 12.1. The molecule has 5 nitrogen and oxygen atoms in total. The van der Waals surface area contributed by atoms with Gasteiger partial charge in [0.25, 0.3) is 0 Å². The predicted molar refractivity (Wildman–Crippen MR) is 90.3 cm³/mol. The molecule has 0 aliphatic heterocycles. The average Bonchev–Trinajstić information content (AvgIpc) is 2.48. The molecule has 7 heteroatoms. The van der Waals surface area contributed by atoms with Gasteiger partial charge in [0.15, 0.2) is 0 Å². The normalized spacial score (nSPS) is 16.3. The Morgan fingerprint density at radius 3 is 2.32 bits per heavy atom. The third-order valence-electron chi connectivity index (χ3n) is 3.74. The first-order valence-electron chi connectivity index (χ1n) is 7.12. The molecule has 4 N–H and O–H groups in total.